The van der Waals surface area contributed by atoms with Crippen LogP contribution >= 0.6 is 0 Å². The van der Waals surface area contributed by atoms with Crippen molar-refractivity contribution in [1.29, 1.82) is 0 Å². The number of nitrogens with zero attached hydrogens (tertiary/aromatic N) is 1. The molecule has 2 rings (SSSR count). The van der Waals surface area contributed by atoms with Crippen LogP contribution in [-0.4, -0.2) is 24.2 Å². The normalized spacial score (nSPS) is 10.4. The highest BCUT2D eigenvalue weighted by Gasteiger charge is 2.17. The van der Waals surface area contributed by atoms with E-state index in [0.717, 1.165) is 11.3 Å². The van der Waals surface area contributed by atoms with Crippen molar-refractivity contribution in [3.8, 4) is 0 Å². The molecule has 0 radical (unpaired) electrons. The molecule has 0 spiro atoms. The van der Waals surface area contributed by atoms with Crippen LogP contribution in [-0.2, 0) is 6.54 Å². The summed E-state index contributed by atoms with van der Waals surface area (Å²) < 4.78 is 13.4. The summed E-state index contributed by atoms with van der Waals surface area (Å²) in [4.78, 5) is 2.01. The Labute approximate surface area is 118 Å². The molecule has 0 atom stereocenters. The summed E-state index contributed by atoms with van der Waals surface area (Å²) in [6, 6.07) is 12.5. The molecule has 0 saturated heterocycles. The maximum atomic E-state index is 13.4. The third-order valence-corrected chi connectivity index (χ3v) is 3.23. The predicted octanol–water partition coefficient (Wildman–Crippen LogP) is 1.45. The monoisotopic (exact) mass is 273 g/mol. The fourth-order valence-corrected chi connectivity index (χ4v) is 2.05. The van der Waals surface area contributed by atoms with Gasteiger partial charge in [0.1, 0.15) is 5.82 Å². The van der Waals surface area contributed by atoms with E-state index >= 15 is 0 Å². The van der Waals surface area contributed by atoms with Crippen LogP contribution in [0.2, 0.25) is 0 Å². The lowest BCUT2D eigenvalue weighted by molar-refractivity contribution is 0.423. The lowest BCUT2D eigenvalue weighted by Crippen LogP contribution is -2.33. The lowest BCUT2D eigenvalue weighted by atomic mass is 9.79. The second-order valence-electron chi connectivity index (χ2n) is 4.92. The second kappa shape index (κ2) is 6.07. The minimum atomic E-state index is -1.79. The molecule has 2 N–H and O–H groups in total. The summed E-state index contributed by atoms with van der Waals surface area (Å²) in [5.41, 5.74) is 2.96. The van der Waals surface area contributed by atoms with Crippen LogP contribution in [0.3, 0.4) is 0 Å². The van der Waals surface area contributed by atoms with Gasteiger partial charge in [0.15, 0.2) is 0 Å². The Morgan fingerprint density at radius 3 is 2.35 bits per heavy atom. The van der Waals surface area contributed by atoms with Crippen molar-refractivity contribution >= 4 is 18.3 Å². The first-order chi connectivity index (χ1) is 9.47. The molecule has 0 bridgehead atoms. The highest BCUT2D eigenvalue weighted by Crippen LogP contribution is 2.16. The zero-order valence-electron chi connectivity index (χ0n) is 11.5. The summed E-state index contributed by atoms with van der Waals surface area (Å²) in [5, 5.41) is 18.2. The van der Waals surface area contributed by atoms with E-state index < -0.39 is 12.9 Å². The van der Waals surface area contributed by atoms with Gasteiger partial charge < -0.3 is 14.9 Å². The summed E-state index contributed by atoms with van der Waals surface area (Å²) in [5.74, 6) is -0.610. The summed E-state index contributed by atoms with van der Waals surface area (Å²) in [6.45, 7) is 2.59. The molecular formula is C15H17BFNO2. The number of anilines is 1. The van der Waals surface area contributed by atoms with Gasteiger partial charge in [-0.05, 0) is 30.7 Å². The van der Waals surface area contributed by atoms with Gasteiger partial charge in [-0.2, -0.15) is 0 Å². The van der Waals surface area contributed by atoms with Crippen LogP contribution in [0.5, 0.6) is 0 Å². The number of hydrogen-bond donors (Lipinski definition) is 2. The number of rotatable bonds is 4. The van der Waals surface area contributed by atoms with Gasteiger partial charge in [-0.1, -0.05) is 29.8 Å². The van der Waals surface area contributed by atoms with Gasteiger partial charge in [-0.25, -0.2) is 4.39 Å². The van der Waals surface area contributed by atoms with Crippen LogP contribution in [0.25, 0.3) is 0 Å². The predicted molar refractivity (Wildman–Crippen MR) is 79.5 cm³/mol. The van der Waals surface area contributed by atoms with E-state index in [9.17, 15) is 4.39 Å². The standard InChI is InChI=1S/C15H17BFNO2/c1-11-3-6-13(7-4-11)18(2)10-12-5-8-15(17)14(9-12)16(19)20/h3-9,19-20H,10H2,1-2H3. The molecule has 5 heteroatoms. The van der Waals surface area contributed by atoms with E-state index in [-0.39, 0.29) is 5.46 Å². The number of halogens is 1. The lowest BCUT2D eigenvalue weighted by Gasteiger charge is -2.20. The van der Waals surface area contributed by atoms with Crippen LogP contribution in [0.1, 0.15) is 11.1 Å². The van der Waals surface area contributed by atoms with E-state index in [1.807, 2.05) is 43.1 Å². The zero-order valence-corrected chi connectivity index (χ0v) is 11.5. The summed E-state index contributed by atoms with van der Waals surface area (Å²) >= 11 is 0. The molecule has 0 amide bonds. The van der Waals surface area contributed by atoms with Crippen LogP contribution in [0.4, 0.5) is 10.1 Å². The highest BCUT2D eigenvalue weighted by atomic mass is 19.1. The van der Waals surface area contributed by atoms with Gasteiger partial charge in [0.25, 0.3) is 0 Å². The van der Waals surface area contributed by atoms with Crippen molar-refractivity contribution < 1.29 is 14.4 Å². The Morgan fingerprint density at radius 1 is 1.10 bits per heavy atom. The largest absolute Gasteiger partial charge is 0.491 e. The van der Waals surface area contributed by atoms with Gasteiger partial charge in [0.2, 0.25) is 0 Å². The van der Waals surface area contributed by atoms with Crippen molar-refractivity contribution in [3.05, 3.63) is 59.4 Å². The van der Waals surface area contributed by atoms with Crippen LogP contribution in [0, 0.1) is 12.7 Å². The second-order valence-corrected chi connectivity index (χ2v) is 4.92. The van der Waals surface area contributed by atoms with Gasteiger partial charge in [-0.15, -0.1) is 0 Å². The zero-order chi connectivity index (χ0) is 14.7. The first kappa shape index (κ1) is 14.6. The molecule has 0 saturated carbocycles. The SMILES string of the molecule is Cc1ccc(N(C)Cc2ccc(F)c(B(O)O)c2)cc1. The molecule has 0 aromatic heterocycles. The quantitative estimate of drug-likeness (QED) is 0.829. The van der Waals surface area contributed by atoms with Gasteiger partial charge in [0, 0.05) is 24.7 Å². The molecule has 20 heavy (non-hydrogen) atoms. The maximum Gasteiger partial charge on any atom is 0.491 e. The number of benzene rings is 2. The third kappa shape index (κ3) is 3.38. The van der Waals surface area contributed by atoms with Crippen LogP contribution < -0.4 is 10.4 Å². The fourth-order valence-electron chi connectivity index (χ4n) is 2.05. The first-order valence-electron chi connectivity index (χ1n) is 6.39. The molecule has 0 aliphatic carbocycles. The maximum absolute atomic E-state index is 13.4. The average Bonchev–Trinajstić information content (AvgIpc) is 2.41. The Morgan fingerprint density at radius 2 is 1.75 bits per heavy atom. The minimum Gasteiger partial charge on any atom is -0.423 e. The van der Waals surface area contributed by atoms with Crippen LogP contribution in [0.15, 0.2) is 42.5 Å². The molecule has 2 aromatic carbocycles. The topological polar surface area (TPSA) is 43.7 Å². The molecule has 104 valence electrons. The smallest absolute Gasteiger partial charge is 0.423 e. The Bertz CT molecular complexity index is 587. The molecule has 3 nitrogen and oxygen atoms in total. The molecule has 0 aliphatic heterocycles. The summed E-state index contributed by atoms with van der Waals surface area (Å²) in [7, 11) is 0.142. The fraction of sp³-hybridized carbons (Fsp3) is 0.200. The molecule has 2 aromatic rings. The van der Waals surface area contributed by atoms with Crippen molar-refractivity contribution in [2.75, 3.05) is 11.9 Å². The number of hydrogen-bond acceptors (Lipinski definition) is 3. The molecule has 0 unspecified atom stereocenters. The highest BCUT2D eigenvalue weighted by molar-refractivity contribution is 6.58. The number of aryl methyl sites for hydroxylation is 1. The van der Waals surface area contributed by atoms with E-state index in [2.05, 4.69) is 0 Å². The minimum absolute atomic E-state index is 0.0974. The average molecular weight is 273 g/mol. The molecule has 0 aliphatic rings. The van der Waals surface area contributed by atoms with Gasteiger partial charge >= 0.3 is 7.12 Å². The Hall–Kier alpha value is -1.85. The summed E-state index contributed by atoms with van der Waals surface area (Å²) in [6.07, 6.45) is 0. The van der Waals surface area contributed by atoms with Crippen molar-refractivity contribution in [1.82, 2.24) is 0 Å². The molecular weight excluding hydrogens is 256 g/mol. The first-order valence-corrected chi connectivity index (χ1v) is 6.39. The van der Waals surface area contributed by atoms with Crippen molar-refractivity contribution in [2.24, 2.45) is 0 Å². The van der Waals surface area contributed by atoms with E-state index in [1.54, 1.807) is 6.07 Å². The van der Waals surface area contributed by atoms with E-state index in [4.69, 9.17) is 10.0 Å². The van der Waals surface area contributed by atoms with Crippen molar-refractivity contribution in [3.63, 3.8) is 0 Å². The Balaban J connectivity index is 2.17. The Kier molecular flexibility index (Phi) is 4.42. The van der Waals surface area contributed by atoms with E-state index in [1.165, 1.54) is 17.7 Å². The molecule has 0 heterocycles. The van der Waals surface area contributed by atoms with E-state index in [0.29, 0.717) is 6.54 Å². The van der Waals surface area contributed by atoms with Gasteiger partial charge in [0.05, 0.1) is 0 Å². The van der Waals surface area contributed by atoms with Crippen molar-refractivity contribution in [2.45, 2.75) is 13.5 Å². The molecule has 0 fully saturated rings. The van der Waals surface area contributed by atoms with Gasteiger partial charge in [-0.3, -0.25) is 0 Å². The third-order valence-electron chi connectivity index (χ3n) is 3.23.